The lowest BCUT2D eigenvalue weighted by Crippen LogP contribution is -2.50. The Labute approximate surface area is 173 Å². The molecule has 1 aromatic carbocycles. The van der Waals surface area contributed by atoms with Crippen molar-refractivity contribution in [3.8, 4) is 0 Å². The second-order valence-corrected chi connectivity index (χ2v) is 7.18. The van der Waals surface area contributed by atoms with Crippen molar-refractivity contribution in [3.63, 3.8) is 0 Å². The number of nitrogens with one attached hydrogen (secondary N) is 2. The maximum atomic E-state index is 12.9. The van der Waals surface area contributed by atoms with Gasteiger partial charge in [-0.05, 0) is 37.1 Å². The predicted octanol–water partition coefficient (Wildman–Crippen LogP) is 1.62. The minimum absolute atomic E-state index is 0.107. The number of amides is 4. The zero-order chi connectivity index (χ0) is 21.7. The third-order valence-corrected chi connectivity index (χ3v) is 4.53. The third-order valence-electron chi connectivity index (χ3n) is 4.53. The molecule has 2 aromatic rings. The van der Waals surface area contributed by atoms with E-state index in [1.165, 1.54) is 17.2 Å². The molecule has 1 aliphatic rings. The average molecular weight is 413 g/mol. The van der Waals surface area contributed by atoms with E-state index >= 15 is 0 Å². The topological polar surface area (TPSA) is 118 Å². The largest absolute Gasteiger partial charge is 0.459 e. The first-order chi connectivity index (χ1) is 14.3. The van der Waals surface area contributed by atoms with E-state index in [1.807, 2.05) is 24.3 Å². The summed E-state index contributed by atoms with van der Waals surface area (Å²) in [5.41, 5.74) is 1.84. The van der Waals surface area contributed by atoms with Crippen LogP contribution in [0.25, 0.3) is 0 Å². The molecule has 0 radical (unpaired) electrons. The number of esters is 1. The van der Waals surface area contributed by atoms with E-state index in [9.17, 15) is 19.2 Å². The molecule has 1 atom stereocenters. The van der Waals surface area contributed by atoms with Gasteiger partial charge in [0.1, 0.15) is 6.04 Å². The van der Waals surface area contributed by atoms with Crippen LogP contribution in [0.3, 0.4) is 0 Å². The number of carbonyl (C=O) groups excluding carboxylic acids is 4. The van der Waals surface area contributed by atoms with Crippen LogP contribution in [0.5, 0.6) is 0 Å². The fourth-order valence-corrected chi connectivity index (χ4v) is 3.18. The molecule has 0 bridgehead atoms. The number of rotatable bonds is 5. The van der Waals surface area contributed by atoms with E-state index in [0.29, 0.717) is 0 Å². The quantitative estimate of drug-likeness (QED) is 0.720. The summed E-state index contributed by atoms with van der Waals surface area (Å²) in [6.07, 6.45) is 1.63. The van der Waals surface area contributed by atoms with Gasteiger partial charge in [-0.2, -0.15) is 0 Å². The zero-order valence-electron chi connectivity index (χ0n) is 16.7. The highest BCUT2D eigenvalue weighted by atomic mass is 16.5. The smallest absolute Gasteiger partial charge is 0.329 e. The van der Waals surface area contributed by atoms with Gasteiger partial charge in [0, 0.05) is 19.0 Å². The zero-order valence-corrected chi connectivity index (χ0v) is 16.7. The van der Waals surface area contributed by atoms with Gasteiger partial charge in [-0.1, -0.05) is 24.3 Å². The molecular formula is C21H23N3O6. The van der Waals surface area contributed by atoms with Crippen molar-refractivity contribution in [1.29, 1.82) is 0 Å². The summed E-state index contributed by atoms with van der Waals surface area (Å²) in [7, 11) is 0. The first-order valence-corrected chi connectivity index (χ1v) is 9.53. The lowest BCUT2D eigenvalue weighted by atomic mass is 9.93. The summed E-state index contributed by atoms with van der Waals surface area (Å²) >= 11 is 0. The molecule has 158 valence electrons. The number of carbonyl (C=O) groups is 4. The van der Waals surface area contributed by atoms with Crippen LogP contribution in [0.1, 0.15) is 35.5 Å². The van der Waals surface area contributed by atoms with Crippen LogP contribution in [-0.4, -0.2) is 47.4 Å². The van der Waals surface area contributed by atoms with Crippen LogP contribution in [0.4, 0.5) is 4.79 Å². The van der Waals surface area contributed by atoms with Gasteiger partial charge in [0.05, 0.1) is 6.26 Å². The van der Waals surface area contributed by atoms with Crippen LogP contribution in [0.15, 0.2) is 47.1 Å². The highest BCUT2D eigenvalue weighted by Gasteiger charge is 2.37. The molecular weight excluding hydrogens is 390 g/mol. The molecule has 0 fully saturated rings. The van der Waals surface area contributed by atoms with E-state index in [4.69, 9.17) is 9.15 Å². The van der Waals surface area contributed by atoms with E-state index < -0.39 is 36.5 Å². The van der Waals surface area contributed by atoms with Gasteiger partial charge in [0.15, 0.2) is 12.4 Å². The second kappa shape index (κ2) is 9.25. The van der Waals surface area contributed by atoms with Crippen molar-refractivity contribution in [2.45, 2.75) is 38.9 Å². The molecule has 2 N–H and O–H groups in total. The Morgan fingerprint density at radius 1 is 1.13 bits per heavy atom. The number of benzene rings is 1. The SMILES string of the molecule is CC(C)NC(=O)NC(=O)COC(=O)[C@@H]1Cc2ccccc2CN1C(=O)c1ccco1. The van der Waals surface area contributed by atoms with Crippen LogP contribution >= 0.6 is 0 Å². The van der Waals surface area contributed by atoms with Crippen molar-refractivity contribution in [3.05, 3.63) is 59.5 Å². The van der Waals surface area contributed by atoms with Crippen LogP contribution in [0, 0.1) is 0 Å². The van der Waals surface area contributed by atoms with Gasteiger partial charge in [-0.15, -0.1) is 0 Å². The number of ether oxygens (including phenoxy) is 1. The molecule has 9 heteroatoms. The Morgan fingerprint density at radius 3 is 2.53 bits per heavy atom. The Balaban J connectivity index is 1.69. The van der Waals surface area contributed by atoms with E-state index in [-0.39, 0.29) is 24.8 Å². The maximum Gasteiger partial charge on any atom is 0.329 e. The van der Waals surface area contributed by atoms with Gasteiger partial charge in [0.25, 0.3) is 11.8 Å². The van der Waals surface area contributed by atoms with Crippen LogP contribution < -0.4 is 10.6 Å². The van der Waals surface area contributed by atoms with Crippen molar-refractivity contribution in [1.82, 2.24) is 15.5 Å². The van der Waals surface area contributed by atoms with Crippen molar-refractivity contribution in [2.75, 3.05) is 6.61 Å². The molecule has 2 heterocycles. The molecule has 1 aliphatic heterocycles. The molecule has 1 aromatic heterocycles. The second-order valence-electron chi connectivity index (χ2n) is 7.18. The van der Waals surface area contributed by atoms with E-state index in [2.05, 4.69) is 10.6 Å². The average Bonchev–Trinajstić information content (AvgIpc) is 3.24. The summed E-state index contributed by atoms with van der Waals surface area (Å²) in [6, 6.07) is 8.85. The standard InChI is InChI=1S/C21H23N3O6/c1-13(2)22-21(28)23-18(25)12-30-20(27)16-10-14-6-3-4-7-15(14)11-24(16)19(26)17-8-5-9-29-17/h3-9,13,16H,10-12H2,1-2H3,(H2,22,23,25,28)/t16-/m0/s1. The number of imide groups is 1. The number of urea groups is 1. The van der Waals surface area contributed by atoms with Crippen LogP contribution in [-0.2, 0) is 27.3 Å². The summed E-state index contributed by atoms with van der Waals surface area (Å²) < 4.78 is 10.3. The van der Waals surface area contributed by atoms with Crippen LogP contribution in [0.2, 0.25) is 0 Å². The lowest BCUT2D eigenvalue weighted by Gasteiger charge is -2.34. The minimum atomic E-state index is -0.921. The first-order valence-electron chi connectivity index (χ1n) is 9.53. The van der Waals surface area contributed by atoms with Gasteiger partial charge in [-0.3, -0.25) is 14.9 Å². The number of fused-ring (bicyclic) bond motifs is 1. The molecule has 3 rings (SSSR count). The summed E-state index contributed by atoms with van der Waals surface area (Å²) in [4.78, 5) is 50.4. The molecule has 4 amide bonds. The summed E-state index contributed by atoms with van der Waals surface area (Å²) in [6.45, 7) is 3.06. The molecule has 0 spiro atoms. The number of nitrogens with zero attached hydrogens (tertiary/aromatic N) is 1. The van der Waals surface area contributed by atoms with Gasteiger partial charge >= 0.3 is 12.0 Å². The maximum absolute atomic E-state index is 12.9. The number of hydrogen-bond donors (Lipinski definition) is 2. The number of furan rings is 1. The molecule has 0 unspecified atom stereocenters. The molecule has 30 heavy (non-hydrogen) atoms. The Morgan fingerprint density at radius 2 is 1.87 bits per heavy atom. The fourth-order valence-electron chi connectivity index (χ4n) is 3.18. The highest BCUT2D eigenvalue weighted by Crippen LogP contribution is 2.26. The van der Waals surface area contributed by atoms with Gasteiger partial charge in [0.2, 0.25) is 0 Å². The molecule has 0 saturated carbocycles. The van der Waals surface area contributed by atoms with Crippen molar-refractivity contribution < 1.29 is 28.3 Å². The third kappa shape index (κ3) is 5.05. The number of hydrogen-bond acceptors (Lipinski definition) is 6. The molecule has 0 aliphatic carbocycles. The van der Waals surface area contributed by atoms with Gasteiger partial charge in [-0.25, -0.2) is 9.59 Å². The first kappa shape index (κ1) is 21.1. The van der Waals surface area contributed by atoms with Gasteiger partial charge < -0.3 is 19.4 Å². The van der Waals surface area contributed by atoms with Crippen molar-refractivity contribution in [2.24, 2.45) is 0 Å². The lowest BCUT2D eigenvalue weighted by molar-refractivity contribution is -0.153. The van der Waals surface area contributed by atoms with E-state index in [0.717, 1.165) is 11.1 Å². The predicted molar refractivity (Wildman–Crippen MR) is 105 cm³/mol. The summed E-state index contributed by atoms with van der Waals surface area (Å²) in [5.74, 6) is -1.84. The molecule has 9 nitrogen and oxygen atoms in total. The fraction of sp³-hybridized carbons (Fsp3) is 0.333. The highest BCUT2D eigenvalue weighted by molar-refractivity contribution is 5.97. The molecule has 0 saturated heterocycles. The normalized spacial score (nSPS) is 15.3. The summed E-state index contributed by atoms with van der Waals surface area (Å²) in [5, 5.41) is 4.58. The Hall–Kier alpha value is -3.62. The van der Waals surface area contributed by atoms with E-state index in [1.54, 1.807) is 19.9 Å². The van der Waals surface area contributed by atoms with Crippen molar-refractivity contribution >= 4 is 23.8 Å². The monoisotopic (exact) mass is 413 g/mol. The Bertz CT molecular complexity index is 938. The Kier molecular flexibility index (Phi) is 6.51. The minimum Gasteiger partial charge on any atom is -0.459 e.